The van der Waals surface area contributed by atoms with Gasteiger partial charge in [0.15, 0.2) is 0 Å². The van der Waals surface area contributed by atoms with Gasteiger partial charge in [-0.1, -0.05) is 57.2 Å². The van der Waals surface area contributed by atoms with Gasteiger partial charge < -0.3 is 14.2 Å². The number of piperazine rings is 1. The van der Waals surface area contributed by atoms with E-state index in [0.29, 0.717) is 37.4 Å². The number of likely N-dealkylation sites (N-methyl/N-ethyl adjacent to an activating group) is 1. The Bertz CT molecular complexity index is 1910. The lowest BCUT2D eigenvalue weighted by Gasteiger charge is -2.48. The minimum Gasteiger partial charge on any atom is -0.496 e. The Hall–Kier alpha value is -3.37. The maximum Gasteiger partial charge on any atom is 0.265 e. The van der Waals surface area contributed by atoms with Crippen molar-refractivity contribution in [3.05, 3.63) is 63.9 Å². The van der Waals surface area contributed by atoms with Crippen LogP contribution in [0, 0.1) is 5.92 Å². The maximum absolute atomic E-state index is 14.9. The van der Waals surface area contributed by atoms with Crippen LogP contribution in [0.4, 0.5) is 0 Å². The molecule has 0 bridgehead atoms. The summed E-state index contributed by atoms with van der Waals surface area (Å²) < 4.78 is 36.2. The van der Waals surface area contributed by atoms with Crippen LogP contribution in [0.3, 0.4) is 0 Å². The Morgan fingerprint density at radius 1 is 1.06 bits per heavy atom. The average Bonchev–Trinajstić information content (AvgIpc) is 3.45. The third kappa shape index (κ3) is 5.48. The first-order chi connectivity index (χ1) is 23.7. The number of amides is 2. The number of aromatic nitrogens is 1. The van der Waals surface area contributed by atoms with Gasteiger partial charge in [-0.15, -0.1) is 0 Å². The molecular formula is C39H50N4O5S. The lowest BCUT2D eigenvalue weighted by Crippen LogP contribution is -2.61. The topological polar surface area (TPSA) is 101 Å². The number of sulfonamides is 1. The van der Waals surface area contributed by atoms with Crippen LogP contribution in [0.25, 0.3) is 10.9 Å². The molecule has 3 heterocycles. The van der Waals surface area contributed by atoms with E-state index < -0.39 is 15.9 Å². The average molecular weight is 687 g/mol. The number of benzene rings is 1. The van der Waals surface area contributed by atoms with Crippen molar-refractivity contribution in [2.24, 2.45) is 5.92 Å². The standard InChI is InChI=1S/C39H50N4O5S/c1-4-21-49(46,47)40-37(44)35-30-23-43-31(22-29-32(48-3)16-15-26(36(29)43)25-11-6-5-7-12-25)33-27(34(30)35)13-10-14-28(33)38(45)42-20-19-41(2)39(24-42)17-8-9-18-39/h10,13,15-16,22,25,28,33H,4-9,11-12,14,17-21,23-24H2,1-3H3,(H,40,44)/t28-,33?/m1/s1. The SMILES string of the molecule is CCCS(=O)(=O)NC(=O)C1=C2Cn3c(cc4c(OC)ccc(C5CCCCC5)c43)C3C(=C21)C=CC[C@H]3C(=O)N1CCN(C)C2(CCCC2)C1. The van der Waals surface area contributed by atoms with Gasteiger partial charge in [-0.2, -0.15) is 0 Å². The van der Waals surface area contributed by atoms with E-state index in [4.69, 9.17) is 4.74 Å². The Balaban J connectivity index is 1.27. The summed E-state index contributed by atoms with van der Waals surface area (Å²) in [5.41, 5.74) is 6.72. The van der Waals surface area contributed by atoms with E-state index in [0.717, 1.165) is 77.8 Å². The first-order valence-corrected chi connectivity index (χ1v) is 20.2. The molecule has 1 saturated heterocycles. The summed E-state index contributed by atoms with van der Waals surface area (Å²) in [5, 5.41) is 1.05. The van der Waals surface area contributed by atoms with E-state index in [1.807, 2.05) is 0 Å². The molecule has 4 aliphatic carbocycles. The highest BCUT2D eigenvalue weighted by Crippen LogP contribution is 2.55. The van der Waals surface area contributed by atoms with Crippen LogP contribution in [-0.2, 0) is 26.2 Å². The number of methoxy groups -OCH3 is 1. The largest absolute Gasteiger partial charge is 0.496 e. The monoisotopic (exact) mass is 686 g/mol. The van der Waals surface area contributed by atoms with E-state index in [9.17, 15) is 18.0 Å². The smallest absolute Gasteiger partial charge is 0.265 e. The van der Waals surface area contributed by atoms with Crippen LogP contribution in [0.15, 0.2) is 52.6 Å². The summed E-state index contributed by atoms with van der Waals surface area (Å²) in [6, 6.07) is 6.58. The van der Waals surface area contributed by atoms with E-state index in [2.05, 4.69) is 56.5 Å². The summed E-state index contributed by atoms with van der Waals surface area (Å²) >= 11 is 0. The van der Waals surface area contributed by atoms with Gasteiger partial charge in [0, 0.05) is 48.7 Å². The zero-order chi connectivity index (χ0) is 34.1. The molecule has 3 fully saturated rings. The Morgan fingerprint density at radius 3 is 2.57 bits per heavy atom. The molecule has 6 aliphatic rings. The number of ether oxygens (including phenoxy) is 1. The third-order valence-corrected chi connectivity index (χ3v) is 14.0. The first kappa shape index (κ1) is 32.8. The second kappa shape index (κ2) is 12.4. The third-order valence-electron chi connectivity index (χ3n) is 12.6. The van der Waals surface area contributed by atoms with Gasteiger partial charge in [-0.05, 0) is 85.9 Å². The van der Waals surface area contributed by atoms with Gasteiger partial charge in [0.25, 0.3) is 5.91 Å². The van der Waals surface area contributed by atoms with Crippen molar-refractivity contribution in [3.63, 3.8) is 0 Å². The highest BCUT2D eigenvalue weighted by Gasteiger charge is 2.50. The van der Waals surface area contributed by atoms with Crippen LogP contribution in [0.1, 0.15) is 101 Å². The molecule has 1 aromatic carbocycles. The number of allylic oxidation sites excluding steroid dienone is 4. The van der Waals surface area contributed by atoms with E-state index >= 15 is 0 Å². The summed E-state index contributed by atoms with van der Waals surface area (Å²) in [4.78, 5) is 33.2. The Labute approximate surface area is 290 Å². The van der Waals surface area contributed by atoms with Crippen molar-refractivity contribution in [1.29, 1.82) is 0 Å². The fourth-order valence-corrected chi connectivity index (χ4v) is 11.1. The molecule has 2 aliphatic heterocycles. The van der Waals surface area contributed by atoms with Crippen molar-refractivity contribution in [1.82, 2.24) is 19.1 Å². The van der Waals surface area contributed by atoms with Crippen LogP contribution in [-0.4, -0.2) is 79.7 Å². The van der Waals surface area contributed by atoms with Gasteiger partial charge in [0.2, 0.25) is 15.9 Å². The molecule has 2 aromatic rings. The number of hydrogen-bond acceptors (Lipinski definition) is 6. The number of carbonyl (C=O) groups excluding carboxylic acids is 2. The molecule has 8 rings (SSSR count). The molecule has 49 heavy (non-hydrogen) atoms. The molecule has 9 nitrogen and oxygen atoms in total. The van der Waals surface area contributed by atoms with E-state index in [1.54, 1.807) is 14.0 Å². The lowest BCUT2D eigenvalue weighted by atomic mass is 9.75. The van der Waals surface area contributed by atoms with Crippen LogP contribution in [0.2, 0.25) is 0 Å². The summed E-state index contributed by atoms with van der Waals surface area (Å²) in [6.07, 6.45) is 15.9. The zero-order valence-corrected chi connectivity index (χ0v) is 30.0. The minimum absolute atomic E-state index is 0.0563. The number of nitrogens with one attached hydrogen (secondary N) is 1. The molecule has 2 atom stereocenters. The number of fused-ring (bicyclic) bond motifs is 6. The highest BCUT2D eigenvalue weighted by molar-refractivity contribution is 7.90. The molecule has 2 saturated carbocycles. The normalized spacial score (nSPS) is 25.3. The first-order valence-electron chi connectivity index (χ1n) is 18.6. The molecule has 262 valence electrons. The number of rotatable bonds is 7. The minimum atomic E-state index is -3.75. The van der Waals surface area contributed by atoms with E-state index in [-0.39, 0.29) is 29.0 Å². The highest BCUT2D eigenvalue weighted by atomic mass is 32.2. The predicted octanol–water partition coefficient (Wildman–Crippen LogP) is 5.92. The fourth-order valence-electron chi connectivity index (χ4n) is 10.1. The second-order valence-electron chi connectivity index (χ2n) is 15.4. The molecule has 0 radical (unpaired) electrons. The summed E-state index contributed by atoms with van der Waals surface area (Å²) in [5.74, 6) is 0.180. The van der Waals surface area contributed by atoms with Crippen molar-refractivity contribution in [2.75, 3.05) is 39.5 Å². The zero-order valence-electron chi connectivity index (χ0n) is 29.2. The summed E-state index contributed by atoms with van der Waals surface area (Å²) in [7, 11) is 0.181. The van der Waals surface area contributed by atoms with Gasteiger partial charge >= 0.3 is 0 Å². The van der Waals surface area contributed by atoms with Crippen LogP contribution in [0.5, 0.6) is 5.75 Å². The second-order valence-corrected chi connectivity index (χ2v) is 17.2. The summed E-state index contributed by atoms with van der Waals surface area (Å²) in [6.45, 7) is 4.60. The molecule has 1 N–H and O–H groups in total. The van der Waals surface area contributed by atoms with Gasteiger partial charge in [0.1, 0.15) is 5.75 Å². The molecule has 1 unspecified atom stereocenters. The van der Waals surface area contributed by atoms with Gasteiger partial charge in [-0.25, -0.2) is 13.1 Å². The molecule has 2 amide bonds. The van der Waals surface area contributed by atoms with Crippen LogP contribution < -0.4 is 9.46 Å². The maximum atomic E-state index is 14.9. The van der Waals surface area contributed by atoms with E-state index in [1.165, 1.54) is 37.7 Å². The van der Waals surface area contributed by atoms with Crippen LogP contribution >= 0.6 is 0 Å². The molecular weight excluding hydrogens is 637 g/mol. The number of nitrogens with zero attached hydrogens (tertiary/aromatic N) is 3. The van der Waals surface area contributed by atoms with Gasteiger partial charge in [0.05, 0.1) is 29.9 Å². The quantitative estimate of drug-likeness (QED) is 0.388. The molecule has 1 aromatic heterocycles. The lowest BCUT2D eigenvalue weighted by molar-refractivity contribution is -0.141. The van der Waals surface area contributed by atoms with Crippen molar-refractivity contribution in [2.45, 2.75) is 101 Å². The van der Waals surface area contributed by atoms with Crippen molar-refractivity contribution in [3.8, 4) is 5.75 Å². The number of carbonyl (C=O) groups is 2. The molecule has 1 spiro atoms. The van der Waals surface area contributed by atoms with Crippen molar-refractivity contribution >= 4 is 32.7 Å². The fraction of sp³-hybridized carbons (Fsp3) is 0.590. The Kier molecular flexibility index (Phi) is 8.33. The predicted molar refractivity (Wildman–Crippen MR) is 191 cm³/mol. The Morgan fingerprint density at radius 2 is 1.84 bits per heavy atom. The molecule has 10 heteroatoms. The van der Waals surface area contributed by atoms with Crippen molar-refractivity contribution < 1.29 is 22.7 Å². The van der Waals surface area contributed by atoms with Gasteiger partial charge in [-0.3, -0.25) is 14.5 Å². The number of hydrogen-bond donors (Lipinski definition) is 1.